The van der Waals surface area contributed by atoms with Crippen LogP contribution in [-0.4, -0.2) is 60.4 Å². The fourth-order valence-electron chi connectivity index (χ4n) is 7.01. The Bertz CT molecular complexity index is 896. The molecule has 0 saturated heterocycles. The lowest BCUT2D eigenvalue weighted by Gasteiger charge is -2.46. The molecular formula is C38H66O6. The third-order valence-electron chi connectivity index (χ3n) is 9.69. The Morgan fingerprint density at radius 3 is 1.41 bits per heavy atom. The molecule has 0 heterocycles. The van der Waals surface area contributed by atoms with E-state index in [1.54, 1.807) is 0 Å². The van der Waals surface area contributed by atoms with Gasteiger partial charge >= 0.3 is 0 Å². The number of unbranched alkanes of at least 4 members (excludes halogenated alkanes) is 1. The highest BCUT2D eigenvalue weighted by Crippen LogP contribution is 2.47. The number of rotatable bonds is 17. The average molecular weight is 619 g/mol. The molecule has 2 N–H and O–H groups in total. The lowest BCUT2D eigenvalue weighted by atomic mass is 9.66. The van der Waals surface area contributed by atoms with Crippen molar-refractivity contribution in [2.24, 2.45) is 10.8 Å². The van der Waals surface area contributed by atoms with E-state index in [0.29, 0.717) is 26.1 Å². The molecule has 0 amide bonds. The minimum absolute atomic E-state index is 0.197. The largest absolute Gasteiger partial charge is 0.392 e. The molecular weight excluding hydrogens is 552 g/mol. The Kier molecular flexibility index (Phi) is 16.6. The number of allylic oxidation sites excluding steroid dienone is 4. The van der Waals surface area contributed by atoms with Gasteiger partial charge in [-0.1, -0.05) is 49.3 Å². The molecule has 2 saturated carbocycles. The maximum atomic E-state index is 11.4. The summed E-state index contributed by atoms with van der Waals surface area (Å²) in [5.74, 6) is 0. The molecule has 6 nitrogen and oxygen atoms in total. The highest BCUT2D eigenvalue weighted by Gasteiger charge is 2.47. The van der Waals surface area contributed by atoms with E-state index in [9.17, 15) is 10.2 Å². The molecule has 2 rings (SSSR count). The molecule has 6 heteroatoms. The Morgan fingerprint density at radius 2 is 1.09 bits per heavy atom. The third kappa shape index (κ3) is 11.2. The van der Waals surface area contributed by atoms with Crippen molar-refractivity contribution in [3.05, 3.63) is 46.6 Å². The first-order valence-electron chi connectivity index (χ1n) is 17.3. The zero-order valence-electron chi connectivity index (χ0n) is 29.8. The quantitative estimate of drug-likeness (QED) is 0.0963. The molecule has 2 aliphatic carbocycles. The molecule has 0 bridgehead atoms. The zero-order chi connectivity index (χ0) is 32.9. The van der Waals surface area contributed by atoms with Gasteiger partial charge in [0.05, 0.1) is 24.4 Å². The van der Waals surface area contributed by atoms with Crippen LogP contribution >= 0.6 is 0 Å². The zero-order valence-corrected chi connectivity index (χ0v) is 29.8. The summed E-state index contributed by atoms with van der Waals surface area (Å²) in [6, 6.07) is 0. The van der Waals surface area contributed by atoms with Crippen LogP contribution in [0.1, 0.15) is 133 Å². The van der Waals surface area contributed by atoms with E-state index in [0.717, 1.165) is 51.4 Å². The topological polar surface area (TPSA) is 77.4 Å². The van der Waals surface area contributed by atoms with Crippen LogP contribution in [0.3, 0.4) is 0 Å². The second-order valence-electron chi connectivity index (χ2n) is 14.0. The van der Waals surface area contributed by atoms with Gasteiger partial charge in [-0.15, -0.1) is 0 Å². The highest BCUT2D eigenvalue weighted by molar-refractivity contribution is 5.21. The maximum Gasteiger partial charge on any atom is 0.155 e. The van der Waals surface area contributed by atoms with Crippen LogP contribution in [0.2, 0.25) is 0 Å². The highest BCUT2D eigenvalue weighted by atomic mass is 16.7. The molecule has 2 aliphatic rings. The molecule has 44 heavy (non-hydrogen) atoms. The van der Waals surface area contributed by atoms with Gasteiger partial charge in [-0.3, -0.25) is 0 Å². The maximum absolute atomic E-state index is 11.4. The molecule has 0 aromatic heterocycles. The summed E-state index contributed by atoms with van der Waals surface area (Å²) < 4.78 is 24.7. The Morgan fingerprint density at radius 1 is 0.727 bits per heavy atom. The van der Waals surface area contributed by atoms with Crippen molar-refractivity contribution in [3.63, 3.8) is 0 Å². The van der Waals surface area contributed by atoms with Gasteiger partial charge in [-0.25, -0.2) is 0 Å². The van der Waals surface area contributed by atoms with Gasteiger partial charge in [0.25, 0.3) is 0 Å². The van der Waals surface area contributed by atoms with Crippen molar-refractivity contribution in [1.29, 1.82) is 0 Å². The van der Waals surface area contributed by atoms with Gasteiger partial charge in [-0.2, -0.15) is 0 Å². The molecule has 254 valence electrons. The molecule has 0 spiro atoms. The third-order valence-corrected chi connectivity index (χ3v) is 9.69. The molecule has 4 unspecified atom stereocenters. The molecule has 0 aliphatic heterocycles. The van der Waals surface area contributed by atoms with Crippen molar-refractivity contribution < 1.29 is 29.2 Å². The molecule has 0 aromatic carbocycles. The van der Waals surface area contributed by atoms with Crippen molar-refractivity contribution in [1.82, 2.24) is 0 Å². The van der Waals surface area contributed by atoms with E-state index in [4.69, 9.17) is 18.9 Å². The van der Waals surface area contributed by atoms with Crippen molar-refractivity contribution in [2.75, 3.05) is 13.2 Å². The predicted octanol–water partition coefficient (Wildman–Crippen LogP) is 8.97. The minimum atomic E-state index is -0.495. The van der Waals surface area contributed by atoms with E-state index < -0.39 is 12.2 Å². The van der Waals surface area contributed by atoms with Crippen LogP contribution in [0.5, 0.6) is 0 Å². The number of hydrogen-bond donors (Lipinski definition) is 2. The van der Waals surface area contributed by atoms with Crippen LogP contribution in [0, 0.1) is 10.8 Å². The van der Waals surface area contributed by atoms with E-state index >= 15 is 0 Å². The Balaban J connectivity index is 2.31. The fourth-order valence-corrected chi connectivity index (χ4v) is 7.01. The number of aliphatic hydroxyl groups is 2. The summed E-state index contributed by atoms with van der Waals surface area (Å²) in [4.78, 5) is 0. The summed E-state index contributed by atoms with van der Waals surface area (Å²) in [5, 5.41) is 22.8. The summed E-state index contributed by atoms with van der Waals surface area (Å²) in [6.07, 6.45) is 15.7. The van der Waals surface area contributed by atoms with Crippen LogP contribution in [0.4, 0.5) is 0 Å². The standard InChI is InChI=1S/C38H66O6/c1-11-41-29(7)43-35-31(19-15-25-37(35,9)33(39)23-21-27(3)4)17-13-14-18-32-20-16-26-38(10,34(40)24-22-28(5)6)36(32)44-30(8)42-12-2/h17-18,21-22,29-30,33-36,39-40H,11-16,19-20,23-26H2,1-10H3/b31-17-,32-18-/t29?,30?,33?,34?,35-,36-,37-,38-/m1/s1. The van der Waals surface area contributed by atoms with Crippen LogP contribution in [0.15, 0.2) is 46.6 Å². The molecule has 8 atom stereocenters. The molecule has 0 radical (unpaired) electrons. The fraction of sp³-hybridized carbons (Fsp3) is 0.789. The van der Waals surface area contributed by atoms with Crippen LogP contribution < -0.4 is 0 Å². The Hall–Kier alpha value is -1.28. The first-order chi connectivity index (χ1) is 20.8. The SMILES string of the molecule is CCOC(C)O[C@@H]1/C(=C\CC/C=C2/CCC[C@](C)(C(O)CC=C(C)C)[C@@H]2OC(C)OCC)CCC[C@]1(C)C(O)CC=C(C)C. The van der Waals surface area contributed by atoms with Crippen molar-refractivity contribution >= 4 is 0 Å². The minimum Gasteiger partial charge on any atom is -0.392 e. The van der Waals surface area contributed by atoms with Crippen molar-refractivity contribution in [3.8, 4) is 0 Å². The van der Waals surface area contributed by atoms with Gasteiger partial charge in [0.2, 0.25) is 0 Å². The predicted molar refractivity (Wildman–Crippen MR) is 181 cm³/mol. The summed E-state index contributed by atoms with van der Waals surface area (Å²) in [5.41, 5.74) is 4.19. The van der Waals surface area contributed by atoms with E-state index in [1.165, 1.54) is 22.3 Å². The van der Waals surface area contributed by atoms with E-state index in [1.807, 2.05) is 27.7 Å². The first-order valence-corrected chi connectivity index (χ1v) is 17.3. The number of ether oxygens (including phenoxy) is 4. The van der Waals surface area contributed by atoms with Crippen LogP contribution in [0.25, 0.3) is 0 Å². The smallest absolute Gasteiger partial charge is 0.155 e. The lowest BCUT2D eigenvalue weighted by molar-refractivity contribution is -0.195. The normalized spacial score (nSPS) is 30.5. The second kappa shape index (κ2) is 18.8. The lowest BCUT2D eigenvalue weighted by Crippen LogP contribution is -2.49. The first kappa shape index (κ1) is 38.9. The van der Waals surface area contributed by atoms with E-state index in [2.05, 4.69) is 65.8 Å². The van der Waals surface area contributed by atoms with Gasteiger partial charge in [-0.05, 0) is 131 Å². The van der Waals surface area contributed by atoms with Gasteiger partial charge in [0.15, 0.2) is 12.6 Å². The van der Waals surface area contributed by atoms with Gasteiger partial charge in [0, 0.05) is 24.0 Å². The molecule has 0 aromatic rings. The second-order valence-corrected chi connectivity index (χ2v) is 14.0. The number of hydrogen-bond acceptors (Lipinski definition) is 6. The monoisotopic (exact) mass is 618 g/mol. The number of aliphatic hydroxyl groups excluding tert-OH is 2. The van der Waals surface area contributed by atoms with Crippen molar-refractivity contribution in [2.45, 2.75) is 170 Å². The van der Waals surface area contributed by atoms with Crippen LogP contribution in [-0.2, 0) is 18.9 Å². The Labute approximate surface area is 270 Å². The summed E-state index contributed by atoms with van der Waals surface area (Å²) in [6.45, 7) is 21.7. The summed E-state index contributed by atoms with van der Waals surface area (Å²) >= 11 is 0. The van der Waals surface area contributed by atoms with E-state index in [-0.39, 0.29) is 35.6 Å². The average Bonchev–Trinajstić information content (AvgIpc) is 2.96. The van der Waals surface area contributed by atoms with Gasteiger partial charge < -0.3 is 29.2 Å². The molecule has 2 fully saturated rings. The summed E-state index contributed by atoms with van der Waals surface area (Å²) in [7, 11) is 0. The van der Waals surface area contributed by atoms with Gasteiger partial charge in [0.1, 0.15) is 0 Å².